The Morgan fingerprint density at radius 1 is 0.381 bits per heavy atom. The fraction of sp³-hybridized carbons (Fsp3) is 0. The molecule has 0 atom stereocenters. The van der Waals surface area contributed by atoms with Crippen LogP contribution in [0.25, 0.3) is 44.1 Å². The molecule has 198 valence electrons. The van der Waals surface area contributed by atoms with Gasteiger partial charge in [-0.05, 0) is 46.5 Å². The van der Waals surface area contributed by atoms with Crippen molar-refractivity contribution in [1.82, 2.24) is 10.2 Å². The van der Waals surface area contributed by atoms with Gasteiger partial charge in [0.15, 0.2) is 0 Å². The molecule has 0 N–H and O–H groups in total. The van der Waals surface area contributed by atoms with Gasteiger partial charge in [0.05, 0.1) is 11.4 Å². The van der Waals surface area contributed by atoms with E-state index in [0.717, 1.165) is 66.6 Å². The highest BCUT2D eigenvalue weighted by Gasteiger charge is 2.16. The molecular weight excluding hydrogens is 512 g/mol. The normalized spacial score (nSPS) is 11.6. The summed E-state index contributed by atoms with van der Waals surface area (Å²) in [5.41, 5.74) is 9.57. The van der Waals surface area contributed by atoms with E-state index in [4.69, 9.17) is 20.2 Å². The van der Waals surface area contributed by atoms with Crippen LogP contribution in [0.15, 0.2) is 156 Å². The van der Waals surface area contributed by atoms with Crippen LogP contribution in [0.4, 0.5) is 11.4 Å². The maximum Gasteiger partial charge on any atom is 0.103 e. The molecule has 0 amide bonds. The van der Waals surface area contributed by atoms with Crippen molar-refractivity contribution in [2.75, 3.05) is 0 Å². The van der Waals surface area contributed by atoms with Gasteiger partial charge in [-0.2, -0.15) is 0 Å². The first-order valence-corrected chi connectivity index (χ1v) is 13.9. The topological polar surface area (TPSA) is 50.5 Å². The van der Waals surface area contributed by atoms with Crippen molar-refractivity contribution in [3.63, 3.8) is 0 Å². The maximum absolute atomic E-state index is 4.86. The number of benzene rings is 6. The number of fused-ring (bicyclic) bond motifs is 3. The molecule has 0 saturated heterocycles. The van der Waals surface area contributed by atoms with Crippen molar-refractivity contribution in [2.24, 2.45) is 9.98 Å². The van der Waals surface area contributed by atoms with Gasteiger partial charge in [-0.15, -0.1) is 10.2 Å². The van der Waals surface area contributed by atoms with Gasteiger partial charge >= 0.3 is 0 Å². The molecule has 0 saturated carbocycles. The second-order valence-corrected chi connectivity index (χ2v) is 9.97. The second kappa shape index (κ2) is 11.4. The molecule has 6 aromatic carbocycles. The average molecular weight is 539 g/mol. The summed E-state index contributed by atoms with van der Waals surface area (Å²) < 4.78 is 0. The first-order valence-electron chi connectivity index (χ1n) is 13.9. The van der Waals surface area contributed by atoms with Crippen LogP contribution in [-0.2, 0) is 0 Å². The minimum atomic E-state index is 0.807. The van der Waals surface area contributed by atoms with E-state index in [2.05, 4.69) is 48.5 Å². The van der Waals surface area contributed by atoms with Gasteiger partial charge in [-0.1, -0.05) is 121 Å². The van der Waals surface area contributed by atoms with Gasteiger partial charge in [-0.25, -0.2) is 0 Å². The van der Waals surface area contributed by atoms with Gasteiger partial charge in [0.2, 0.25) is 0 Å². The van der Waals surface area contributed by atoms with Crippen molar-refractivity contribution in [3.05, 3.63) is 157 Å². The van der Waals surface area contributed by atoms with Crippen molar-refractivity contribution < 1.29 is 0 Å². The predicted octanol–water partition coefficient (Wildman–Crippen LogP) is 9.62. The lowest BCUT2D eigenvalue weighted by Gasteiger charge is -2.14. The third-order valence-electron chi connectivity index (χ3n) is 7.34. The Bertz CT molecular complexity index is 1900. The number of aromatic nitrogens is 2. The van der Waals surface area contributed by atoms with Gasteiger partial charge in [0.1, 0.15) is 11.0 Å². The largest absolute Gasteiger partial charge is 0.256 e. The third kappa shape index (κ3) is 4.98. The number of hydrogen-bond donors (Lipinski definition) is 0. The lowest BCUT2D eigenvalue weighted by molar-refractivity contribution is 1.12. The molecule has 0 fully saturated rings. The van der Waals surface area contributed by atoms with Crippen LogP contribution in [0.3, 0.4) is 0 Å². The molecule has 0 aliphatic heterocycles. The molecule has 7 aromatic rings. The number of nitrogens with zero attached hydrogens (tertiary/aromatic N) is 4. The molecule has 0 spiro atoms. The summed E-state index contributed by atoms with van der Waals surface area (Å²) >= 11 is 0. The summed E-state index contributed by atoms with van der Waals surface area (Å²) in [7, 11) is 0. The molecule has 7 rings (SSSR count). The molecule has 0 bridgehead atoms. The monoisotopic (exact) mass is 538 g/mol. The third-order valence-corrected chi connectivity index (χ3v) is 7.34. The Balaban J connectivity index is 1.47. The summed E-state index contributed by atoms with van der Waals surface area (Å²) in [5.74, 6) is 0. The maximum atomic E-state index is 4.86. The molecular formula is C38H26N4. The van der Waals surface area contributed by atoms with E-state index in [9.17, 15) is 0 Å². The van der Waals surface area contributed by atoms with Crippen molar-refractivity contribution in [2.45, 2.75) is 0 Å². The molecule has 0 radical (unpaired) electrons. The number of aliphatic imine (C=N–C) groups is 2. The van der Waals surface area contributed by atoms with E-state index in [1.165, 1.54) is 0 Å². The number of rotatable bonds is 6. The highest BCUT2D eigenvalue weighted by Crippen LogP contribution is 2.35. The zero-order valence-corrected chi connectivity index (χ0v) is 22.8. The Morgan fingerprint density at radius 3 is 1.12 bits per heavy atom. The van der Waals surface area contributed by atoms with Crippen LogP contribution in [-0.4, -0.2) is 22.6 Å². The first-order chi connectivity index (χ1) is 20.8. The minimum absolute atomic E-state index is 0.807. The van der Waals surface area contributed by atoms with Gasteiger partial charge < -0.3 is 0 Å². The number of para-hydroxylation sites is 2. The van der Waals surface area contributed by atoms with Crippen molar-refractivity contribution >= 4 is 45.6 Å². The Labute approximate surface area is 244 Å². The second-order valence-electron chi connectivity index (χ2n) is 9.97. The molecule has 0 aliphatic rings. The molecule has 42 heavy (non-hydrogen) atoms. The van der Waals surface area contributed by atoms with E-state index in [0.29, 0.717) is 0 Å². The average Bonchev–Trinajstić information content (AvgIpc) is 3.07. The quantitative estimate of drug-likeness (QED) is 0.156. The van der Waals surface area contributed by atoms with Gasteiger partial charge in [-0.3, -0.25) is 9.98 Å². The molecule has 0 aliphatic carbocycles. The smallest absolute Gasteiger partial charge is 0.103 e. The van der Waals surface area contributed by atoms with E-state index < -0.39 is 0 Å². The summed E-state index contributed by atoms with van der Waals surface area (Å²) in [6.45, 7) is 0. The Kier molecular flexibility index (Phi) is 6.85. The van der Waals surface area contributed by atoms with E-state index in [1.54, 1.807) is 0 Å². The Morgan fingerprint density at radius 2 is 0.738 bits per heavy atom. The standard InChI is InChI=1S/C38H26N4/c1-5-13-27(14-6-1)31-21-23-33-34-24-22-32(28-15-7-2-8-16-28)36(26-40-30-19-11-4-12-20-30)38(34)42-41-37(33)35(31)25-39-29-17-9-3-10-18-29/h1-26H. The SMILES string of the molecule is C(=Nc1ccccc1)c1c(-c2ccccc2)ccc2c1nnc1c(C=Nc3ccccc3)c(-c3ccccc3)ccc12. The fourth-order valence-corrected chi connectivity index (χ4v) is 5.27. The van der Waals surface area contributed by atoms with E-state index in [1.807, 2.05) is 109 Å². The molecule has 4 heteroatoms. The van der Waals surface area contributed by atoms with Gasteiger partial charge in [0, 0.05) is 34.3 Å². The zero-order valence-electron chi connectivity index (χ0n) is 22.8. The van der Waals surface area contributed by atoms with Crippen LogP contribution >= 0.6 is 0 Å². The predicted molar refractivity (Wildman–Crippen MR) is 175 cm³/mol. The van der Waals surface area contributed by atoms with E-state index in [-0.39, 0.29) is 0 Å². The summed E-state index contributed by atoms with van der Waals surface area (Å²) in [4.78, 5) is 9.63. The molecule has 0 unspecified atom stereocenters. The van der Waals surface area contributed by atoms with Crippen LogP contribution < -0.4 is 0 Å². The summed E-state index contributed by atoms with van der Waals surface area (Å²) in [5, 5.41) is 11.7. The molecule has 1 heterocycles. The van der Waals surface area contributed by atoms with Crippen molar-refractivity contribution in [3.8, 4) is 22.3 Å². The minimum Gasteiger partial charge on any atom is -0.256 e. The number of hydrogen-bond acceptors (Lipinski definition) is 4. The van der Waals surface area contributed by atoms with E-state index >= 15 is 0 Å². The first kappa shape index (κ1) is 25.2. The molecule has 4 nitrogen and oxygen atoms in total. The lowest BCUT2D eigenvalue weighted by atomic mass is 9.93. The van der Waals surface area contributed by atoms with Crippen LogP contribution in [0.1, 0.15) is 11.1 Å². The summed E-state index contributed by atoms with van der Waals surface area (Å²) in [6.07, 6.45) is 3.83. The summed E-state index contributed by atoms with van der Waals surface area (Å²) in [6, 6.07) is 49.2. The highest BCUT2D eigenvalue weighted by atomic mass is 15.1. The Hall–Kier alpha value is -5.74. The van der Waals surface area contributed by atoms with Crippen LogP contribution in [0.2, 0.25) is 0 Å². The van der Waals surface area contributed by atoms with Gasteiger partial charge in [0.25, 0.3) is 0 Å². The van der Waals surface area contributed by atoms with Crippen LogP contribution in [0.5, 0.6) is 0 Å². The molecule has 1 aromatic heterocycles. The lowest BCUT2D eigenvalue weighted by Crippen LogP contribution is -1.99. The van der Waals surface area contributed by atoms with Crippen LogP contribution in [0, 0.1) is 0 Å². The van der Waals surface area contributed by atoms with Crippen molar-refractivity contribution in [1.29, 1.82) is 0 Å². The fourth-order valence-electron chi connectivity index (χ4n) is 5.27. The highest BCUT2D eigenvalue weighted by molar-refractivity contribution is 6.16. The zero-order chi connectivity index (χ0) is 28.1.